The molecule has 3 amide bonds. The molecule has 1 saturated heterocycles. The lowest BCUT2D eigenvalue weighted by Gasteiger charge is -2.13. The molecule has 1 rings (SSSR count). The van der Waals surface area contributed by atoms with Crippen molar-refractivity contribution in [3.05, 3.63) is 0 Å². The number of hydrogen-bond acceptors (Lipinski definition) is 4. The van der Waals surface area contributed by atoms with Crippen LogP contribution >= 0.6 is 0 Å². The number of amides is 3. The predicted molar refractivity (Wildman–Crippen MR) is 51.0 cm³/mol. The van der Waals surface area contributed by atoms with Crippen LogP contribution in [0, 0.1) is 0 Å². The van der Waals surface area contributed by atoms with Gasteiger partial charge in [0, 0.05) is 20.0 Å². The first-order valence-corrected chi connectivity index (χ1v) is 4.68. The molecule has 1 fully saturated rings. The van der Waals surface area contributed by atoms with Gasteiger partial charge in [0.25, 0.3) is 0 Å². The quantitative estimate of drug-likeness (QED) is 0.481. The van der Waals surface area contributed by atoms with Crippen molar-refractivity contribution in [2.75, 3.05) is 27.2 Å². The molecule has 1 heterocycles. The van der Waals surface area contributed by atoms with E-state index in [9.17, 15) is 14.4 Å². The zero-order chi connectivity index (χ0) is 11.4. The summed E-state index contributed by atoms with van der Waals surface area (Å²) in [5.74, 6) is -0.546. The molecular weight excluding hydrogens is 200 g/mol. The number of methoxy groups -OCH3 is 1. The number of rotatable bonds is 4. The molecule has 6 heteroatoms. The Hall–Kier alpha value is -1.59. The standard InChI is InChI=1S/C9H14N2O4/c1-10-6-7(12)11(9(10)14)5-3-4-8(13)15-2/h3-6H2,1-2H3. The summed E-state index contributed by atoms with van der Waals surface area (Å²) in [5.41, 5.74) is 0. The maximum Gasteiger partial charge on any atom is 0.326 e. The minimum Gasteiger partial charge on any atom is -0.469 e. The molecule has 0 atom stereocenters. The molecule has 15 heavy (non-hydrogen) atoms. The van der Waals surface area contributed by atoms with Crippen molar-refractivity contribution >= 4 is 17.9 Å². The van der Waals surface area contributed by atoms with E-state index in [1.807, 2.05) is 0 Å². The summed E-state index contributed by atoms with van der Waals surface area (Å²) >= 11 is 0. The van der Waals surface area contributed by atoms with Gasteiger partial charge in [-0.25, -0.2) is 4.79 Å². The van der Waals surface area contributed by atoms with Crippen molar-refractivity contribution in [1.82, 2.24) is 9.80 Å². The number of likely N-dealkylation sites (N-methyl/N-ethyl adjacent to an activating group) is 1. The highest BCUT2D eigenvalue weighted by molar-refractivity contribution is 6.01. The van der Waals surface area contributed by atoms with Gasteiger partial charge in [0.15, 0.2) is 0 Å². The number of hydrogen-bond donors (Lipinski definition) is 0. The molecule has 0 radical (unpaired) electrons. The van der Waals surface area contributed by atoms with Gasteiger partial charge in [-0.3, -0.25) is 14.5 Å². The van der Waals surface area contributed by atoms with Gasteiger partial charge < -0.3 is 9.64 Å². The van der Waals surface area contributed by atoms with E-state index in [0.717, 1.165) is 4.90 Å². The van der Waals surface area contributed by atoms with Gasteiger partial charge in [0.1, 0.15) is 6.54 Å². The van der Waals surface area contributed by atoms with Gasteiger partial charge in [0.05, 0.1) is 7.11 Å². The molecule has 1 aliphatic heterocycles. The molecule has 0 aromatic heterocycles. The van der Waals surface area contributed by atoms with Crippen LogP contribution in [0.15, 0.2) is 0 Å². The second-order valence-electron chi connectivity index (χ2n) is 3.36. The third-order valence-electron chi connectivity index (χ3n) is 2.22. The molecule has 84 valence electrons. The highest BCUT2D eigenvalue weighted by Gasteiger charge is 2.32. The number of urea groups is 1. The molecule has 0 bridgehead atoms. The number of ether oxygens (including phenoxy) is 1. The predicted octanol–water partition coefficient (Wildman–Crippen LogP) is -0.166. The first kappa shape index (κ1) is 11.5. The largest absolute Gasteiger partial charge is 0.469 e. The van der Waals surface area contributed by atoms with Crippen LogP contribution in [-0.2, 0) is 14.3 Å². The maximum atomic E-state index is 11.4. The Morgan fingerprint density at radius 3 is 2.60 bits per heavy atom. The Kier molecular flexibility index (Phi) is 3.65. The number of esters is 1. The van der Waals surface area contributed by atoms with E-state index < -0.39 is 0 Å². The van der Waals surface area contributed by atoms with Crippen molar-refractivity contribution < 1.29 is 19.1 Å². The summed E-state index contributed by atoms with van der Waals surface area (Å²) in [5, 5.41) is 0. The average molecular weight is 214 g/mol. The summed E-state index contributed by atoms with van der Waals surface area (Å²) < 4.78 is 4.45. The topological polar surface area (TPSA) is 66.9 Å². The first-order chi connectivity index (χ1) is 7.06. The monoisotopic (exact) mass is 214 g/mol. The van der Waals surface area contributed by atoms with Crippen LogP contribution in [-0.4, -0.2) is 55.0 Å². The van der Waals surface area contributed by atoms with Crippen molar-refractivity contribution in [1.29, 1.82) is 0 Å². The van der Waals surface area contributed by atoms with Crippen LogP contribution in [0.4, 0.5) is 4.79 Å². The van der Waals surface area contributed by atoms with Crippen LogP contribution in [0.25, 0.3) is 0 Å². The van der Waals surface area contributed by atoms with Crippen molar-refractivity contribution in [3.63, 3.8) is 0 Å². The maximum absolute atomic E-state index is 11.4. The summed E-state index contributed by atoms with van der Waals surface area (Å²) in [4.78, 5) is 36.0. The van der Waals surface area contributed by atoms with Gasteiger partial charge in [-0.05, 0) is 6.42 Å². The Morgan fingerprint density at radius 2 is 2.13 bits per heavy atom. The number of carbonyl (C=O) groups is 3. The van der Waals surface area contributed by atoms with E-state index >= 15 is 0 Å². The molecule has 1 aliphatic rings. The molecule has 0 aliphatic carbocycles. The van der Waals surface area contributed by atoms with E-state index in [-0.39, 0.29) is 37.4 Å². The molecule has 0 spiro atoms. The molecule has 0 aromatic rings. The minimum atomic E-state index is -0.331. The zero-order valence-electron chi connectivity index (χ0n) is 8.86. The van der Waals surface area contributed by atoms with Gasteiger partial charge in [0.2, 0.25) is 5.91 Å². The van der Waals surface area contributed by atoms with Crippen molar-refractivity contribution in [3.8, 4) is 0 Å². The van der Waals surface area contributed by atoms with Gasteiger partial charge in [-0.2, -0.15) is 0 Å². The van der Waals surface area contributed by atoms with Crippen LogP contribution < -0.4 is 0 Å². The van der Waals surface area contributed by atoms with Gasteiger partial charge in [-0.1, -0.05) is 0 Å². The Labute approximate surface area is 87.8 Å². The van der Waals surface area contributed by atoms with Crippen LogP contribution in [0.2, 0.25) is 0 Å². The molecule has 0 N–H and O–H groups in total. The lowest BCUT2D eigenvalue weighted by Crippen LogP contribution is -2.32. The van der Waals surface area contributed by atoms with Crippen LogP contribution in [0.3, 0.4) is 0 Å². The minimum absolute atomic E-state index is 0.122. The third kappa shape index (κ3) is 2.68. The highest BCUT2D eigenvalue weighted by Crippen LogP contribution is 2.09. The normalized spacial score (nSPS) is 16.1. The molecule has 6 nitrogen and oxygen atoms in total. The van der Waals surface area contributed by atoms with Crippen molar-refractivity contribution in [2.24, 2.45) is 0 Å². The van der Waals surface area contributed by atoms with E-state index in [1.165, 1.54) is 12.0 Å². The molecule has 0 aromatic carbocycles. The van der Waals surface area contributed by atoms with Crippen LogP contribution in [0.1, 0.15) is 12.8 Å². The number of nitrogens with zero attached hydrogens (tertiary/aromatic N) is 2. The fraction of sp³-hybridized carbons (Fsp3) is 0.667. The zero-order valence-corrected chi connectivity index (χ0v) is 8.86. The molecule has 0 unspecified atom stereocenters. The third-order valence-corrected chi connectivity index (χ3v) is 2.22. The lowest BCUT2D eigenvalue weighted by atomic mass is 10.3. The first-order valence-electron chi connectivity index (χ1n) is 4.68. The second-order valence-corrected chi connectivity index (χ2v) is 3.36. The van der Waals surface area contributed by atoms with E-state index in [1.54, 1.807) is 7.05 Å². The second kappa shape index (κ2) is 4.77. The van der Waals surface area contributed by atoms with E-state index in [2.05, 4.69) is 4.74 Å². The number of carbonyl (C=O) groups excluding carboxylic acids is 3. The van der Waals surface area contributed by atoms with Gasteiger partial charge >= 0.3 is 12.0 Å². The summed E-state index contributed by atoms with van der Waals surface area (Å²) in [6, 6.07) is -0.301. The van der Waals surface area contributed by atoms with Crippen molar-refractivity contribution in [2.45, 2.75) is 12.8 Å². The summed E-state index contributed by atoms with van der Waals surface area (Å²) in [6.07, 6.45) is 0.662. The fourth-order valence-corrected chi connectivity index (χ4v) is 1.37. The summed E-state index contributed by atoms with van der Waals surface area (Å²) in [7, 11) is 2.88. The Balaban J connectivity index is 2.36. The lowest BCUT2D eigenvalue weighted by molar-refractivity contribution is -0.141. The Morgan fingerprint density at radius 1 is 1.47 bits per heavy atom. The fourth-order valence-electron chi connectivity index (χ4n) is 1.37. The molecular formula is C9H14N2O4. The smallest absolute Gasteiger partial charge is 0.326 e. The Bertz CT molecular complexity index is 290. The number of imide groups is 1. The average Bonchev–Trinajstić information content (AvgIpc) is 2.44. The SMILES string of the molecule is COC(=O)CCCN1C(=O)CN(C)C1=O. The van der Waals surface area contributed by atoms with E-state index in [4.69, 9.17) is 0 Å². The van der Waals surface area contributed by atoms with E-state index in [0.29, 0.717) is 6.42 Å². The van der Waals surface area contributed by atoms with Gasteiger partial charge in [-0.15, -0.1) is 0 Å². The summed E-state index contributed by atoms with van der Waals surface area (Å²) in [6.45, 7) is 0.397. The van der Waals surface area contributed by atoms with Crippen LogP contribution in [0.5, 0.6) is 0 Å². The highest BCUT2D eigenvalue weighted by atomic mass is 16.5. The molecule has 0 saturated carbocycles.